The van der Waals surface area contributed by atoms with E-state index in [2.05, 4.69) is 13.8 Å². The Kier molecular flexibility index (Phi) is 16.3. The van der Waals surface area contributed by atoms with Gasteiger partial charge in [0.15, 0.2) is 0 Å². The van der Waals surface area contributed by atoms with Crippen LogP contribution in [-0.2, 0) is 21.7 Å². The first kappa shape index (κ1) is 9.21. The minimum absolute atomic E-state index is 0. The van der Waals surface area contributed by atoms with Crippen LogP contribution in [0.4, 0.5) is 0 Å². The summed E-state index contributed by atoms with van der Waals surface area (Å²) in [6, 6.07) is 0. The van der Waals surface area contributed by atoms with Crippen LogP contribution in [0, 0.1) is 0 Å². The molecular weight excluding hydrogens is 95.9 g/mol. The van der Waals surface area contributed by atoms with Gasteiger partial charge in [0.1, 0.15) is 0 Å². The van der Waals surface area contributed by atoms with Gasteiger partial charge in [-0.15, -0.1) is 0 Å². The number of unbranched alkanes of at least 4 members (excludes halogenated alkanes) is 1. The molecule has 0 unspecified atom stereocenters. The molecule has 0 fully saturated rings. The predicted octanol–water partition coefficient (Wildman–Crippen LogP) is 1.80. The minimum Gasteiger partial charge on any atom is -0.0654 e. The summed E-state index contributed by atoms with van der Waals surface area (Å²) in [5.74, 6) is 0. The molecule has 0 aliphatic carbocycles. The van der Waals surface area contributed by atoms with Gasteiger partial charge < -0.3 is 0 Å². The van der Waals surface area contributed by atoms with E-state index in [4.69, 9.17) is 0 Å². The normalized spacial score (nSPS) is 6.00. The van der Waals surface area contributed by atoms with E-state index >= 15 is 0 Å². The monoisotopic (exact) mass is 106 g/mol. The molecule has 0 aromatic carbocycles. The van der Waals surface area contributed by atoms with Crippen LogP contribution in [0.15, 0.2) is 0 Å². The summed E-state index contributed by atoms with van der Waals surface area (Å²) in [7, 11) is 0. The summed E-state index contributed by atoms with van der Waals surface area (Å²) in [4.78, 5) is 0. The molecule has 5 heavy (non-hydrogen) atoms. The molecule has 0 N–H and O–H groups in total. The van der Waals surface area contributed by atoms with Gasteiger partial charge in [-0.2, -0.15) is 0 Å². The summed E-state index contributed by atoms with van der Waals surface area (Å²) in [5.41, 5.74) is 0. The van der Waals surface area contributed by atoms with Crippen LogP contribution in [0.1, 0.15) is 26.7 Å². The molecule has 0 rings (SSSR count). The molecular formula is C4H10Ti+2. The molecule has 0 amide bonds. The first-order valence-corrected chi connectivity index (χ1v) is 1.91. The molecule has 0 saturated heterocycles. The third-order valence-electron chi connectivity index (χ3n) is 0.500. The Morgan fingerprint density at radius 3 is 1.20 bits per heavy atom. The summed E-state index contributed by atoms with van der Waals surface area (Å²) < 4.78 is 0. The number of hydrogen-bond acceptors (Lipinski definition) is 0. The van der Waals surface area contributed by atoms with Gasteiger partial charge in [0.2, 0.25) is 0 Å². The van der Waals surface area contributed by atoms with Crippen molar-refractivity contribution in [3.8, 4) is 0 Å². The van der Waals surface area contributed by atoms with Crippen molar-refractivity contribution in [3.05, 3.63) is 0 Å². The van der Waals surface area contributed by atoms with Crippen molar-refractivity contribution in [2.24, 2.45) is 0 Å². The zero-order chi connectivity index (χ0) is 3.41. The summed E-state index contributed by atoms with van der Waals surface area (Å²) in [6.07, 6.45) is 2.64. The summed E-state index contributed by atoms with van der Waals surface area (Å²) >= 11 is 0. The van der Waals surface area contributed by atoms with Crippen LogP contribution in [0.2, 0.25) is 0 Å². The second-order valence-electron chi connectivity index (χ2n) is 1.000. The van der Waals surface area contributed by atoms with E-state index in [-0.39, 0.29) is 21.7 Å². The predicted molar refractivity (Wildman–Crippen MR) is 20.6 cm³/mol. The standard InChI is InChI=1S/C4H10.Ti/c1-3-4-2;/h3-4H2,1-2H3;/q;+2. The maximum absolute atomic E-state index is 2.18. The average Bonchev–Trinajstić information content (AvgIpc) is 1.37. The van der Waals surface area contributed by atoms with Gasteiger partial charge in [-0.1, -0.05) is 26.7 Å². The largest absolute Gasteiger partial charge is 2.00 e. The Bertz CT molecular complexity index is 5.61. The second kappa shape index (κ2) is 8.83. The van der Waals surface area contributed by atoms with Crippen molar-refractivity contribution in [1.82, 2.24) is 0 Å². The van der Waals surface area contributed by atoms with E-state index in [1.165, 1.54) is 12.8 Å². The van der Waals surface area contributed by atoms with E-state index in [1.807, 2.05) is 0 Å². The molecule has 1 heteroatoms. The molecule has 0 heterocycles. The fraction of sp³-hybridized carbons (Fsp3) is 1.00. The van der Waals surface area contributed by atoms with Crippen molar-refractivity contribution in [3.63, 3.8) is 0 Å². The van der Waals surface area contributed by atoms with E-state index in [0.29, 0.717) is 0 Å². The van der Waals surface area contributed by atoms with Gasteiger partial charge in [-0.25, -0.2) is 0 Å². The first-order valence-electron chi connectivity index (χ1n) is 1.91. The SMILES string of the molecule is CCCC.[Ti+2]. The molecule has 0 aliphatic heterocycles. The topological polar surface area (TPSA) is 0 Å². The Morgan fingerprint density at radius 1 is 1.00 bits per heavy atom. The van der Waals surface area contributed by atoms with Crippen molar-refractivity contribution in [2.75, 3.05) is 0 Å². The van der Waals surface area contributed by atoms with Crippen LogP contribution in [-0.4, -0.2) is 0 Å². The summed E-state index contributed by atoms with van der Waals surface area (Å²) in [6.45, 7) is 4.36. The third kappa shape index (κ3) is 11.8. The van der Waals surface area contributed by atoms with Crippen molar-refractivity contribution >= 4 is 0 Å². The van der Waals surface area contributed by atoms with Crippen LogP contribution in [0.25, 0.3) is 0 Å². The van der Waals surface area contributed by atoms with E-state index in [9.17, 15) is 0 Å². The van der Waals surface area contributed by atoms with Crippen molar-refractivity contribution < 1.29 is 21.7 Å². The Labute approximate surface area is 48.8 Å². The molecule has 28 valence electrons. The van der Waals surface area contributed by atoms with Gasteiger partial charge in [-0.05, 0) is 0 Å². The van der Waals surface area contributed by atoms with Crippen LogP contribution < -0.4 is 0 Å². The molecule has 0 nitrogen and oxygen atoms in total. The minimum atomic E-state index is 0. The zero-order valence-corrected chi connectivity index (χ0v) is 5.48. The first-order chi connectivity index (χ1) is 1.91. The number of hydrogen-bond donors (Lipinski definition) is 0. The molecule has 0 aromatic heterocycles. The smallest absolute Gasteiger partial charge is 0.0654 e. The van der Waals surface area contributed by atoms with Crippen LogP contribution in [0.3, 0.4) is 0 Å². The van der Waals surface area contributed by atoms with Gasteiger partial charge in [0.05, 0.1) is 0 Å². The maximum atomic E-state index is 2.18. The van der Waals surface area contributed by atoms with E-state index in [0.717, 1.165) is 0 Å². The second-order valence-corrected chi connectivity index (χ2v) is 1.000. The Hall–Kier alpha value is 0.714. The summed E-state index contributed by atoms with van der Waals surface area (Å²) in [5, 5.41) is 0. The maximum Gasteiger partial charge on any atom is 2.00 e. The molecule has 0 atom stereocenters. The van der Waals surface area contributed by atoms with E-state index in [1.54, 1.807) is 0 Å². The van der Waals surface area contributed by atoms with Gasteiger partial charge in [0, 0.05) is 0 Å². The average molecular weight is 106 g/mol. The van der Waals surface area contributed by atoms with Crippen molar-refractivity contribution in [1.29, 1.82) is 0 Å². The number of rotatable bonds is 1. The third-order valence-corrected chi connectivity index (χ3v) is 0.500. The van der Waals surface area contributed by atoms with Gasteiger partial charge in [0.25, 0.3) is 0 Å². The Balaban J connectivity index is 0. The van der Waals surface area contributed by atoms with Gasteiger partial charge in [-0.3, -0.25) is 0 Å². The van der Waals surface area contributed by atoms with Crippen molar-refractivity contribution in [2.45, 2.75) is 26.7 Å². The molecule has 0 radical (unpaired) electrons. The fourth-order valence-corrected chi connectivity index (χ4v) is 0. The molecule has 0 saturated carbocycles. The van der Waals surface area contributed by atoms with Gasteiger partial charge >= 0.3 is 21.7 Å². The molecule has 0 spiro atoms. The Morgan fingerprint density at radius 2 is 1.20 bits per heavy atom. The molecule has 0 aliphatic rings. The zero-order valence-electron chi connectivity index (χ0n) is 3.91. The quantitative estimate of drug-likeness (QED) is 0.447. The van der Waals surface area contributed by atoms with E-state index < -0.39 is 0 Å². The molecule has 0 aromatic rings. The van der Waals surface area contributed by atoms with Crippen LogP contribution >= 0.6 is 0 Å². The fourth-order valence-electron chi connectivity index (χ4n) is 0. The van der Waals surface area contributed by atoms with Crippen LogP contribution in [0.5, 0.6) is 0 Å². The molecule has 0 bridgehead atoms.